The van der Waals surface area contributed by atoms with E-state index in [4.69, 9.17) is 4.74 Å². The molecule has 148 valence electrons. The first kappa shape index (κ1) is 18.6. The summed E-state index contributed by atoms with van der Waals surface area (Å²) in [6.07, 6.45) is 11.0. The van der Waals surface area contributed by atoms with Crippen molar-refractivity contribution in [3.63, 3.8) is 0 Å². The lowest BCUT2D eigenvalue weighted by Gasteiger charge is -2.30. The van der Waals surface area contributed by atoms with E-state index in [2.05, 4.69) is 20.1 Å². The molecule has 0 aromatic carbocycles. The number of sulfonamides is 1. The maximum atomic E-state index is 12.6. The van der Waals surface area contributed by atoms with Crippen LogP contribution in [0.3, 0.4) is 0 Å². The van der Waals surface area contributed by atoms with Crippen molar-refractivity contribution in [3.8, 4) is 17.1 Å². The molecular formula is C17H21N7O3S. The third-order valence-corrected chi connectivity index (χ3v) is 6.41. The van der Waals surface area contributed by atoms with Gasteiger partial charge in [-0.1, -0.05) is 0 Å². The Morgan fingerprint density at radius 1 is 1.00 bits per heavy atom. The smallest absolute Gasteiger partial charge is 0.316 e. The van der Waals surface area contributed by atoms with Crippen LogP contribution in [0.15, 0.2) is 42.3 Å². The molecule has 0 atom stereocenters. The van der Waals surface area contributed by atoms with Gasteiger partial charge in [0.15, 0.2) is 5.03 Å². The second-order valence-electron chi connectivity index (χ2n) is 6.76. The van der Waals surface area contributed by atoms with Gasteiger partial charge in [-0.2, -0.15) is 9.40 Å². The fourth-order valence-electron chi connectivity index (χ4n) is 3.09. The highest BCUT2D eigenvalue weighted by Crippen LogP contribution is 2.22. The first-order valence-corrected chi connectivity index (χ1v) is 10.3. The Hall–Kier alpha value is -2.79. The average molecular weight is 403 g/mol. The van der Waals surface area contributed by atoms with Crippen LogP contribution in [-0.2, 0) is 24.1 Å². The van der Waals surface area contributed by atoms with Crippen LogP contribution in [0.1, 0.15) is 12.8 Å². The number of nitrogens with zero attached hydrogens (tertiary/aromatic N) is 7. The number of hydrogen-bond donors (Lipinski definition) is 0. The highest BCUT2D eigenvalue weighted by molar-refractivity contribution is 7.89. The zero-order valence-electron chi connectivity index (χ0n) is 15.6. The highest BCUT2D eigenvalue weighted by Gasteiger charge is 2.31. The maximum Gasteiger partial charge on any atom is 0.316 e. The molecule has 4 heterocycles. The van der Waals surface area contributed by atoms with Crippen LogP contribution < -0.4 is 4.74 Å². The molecule has 28 heavy (non-hydrogen) atoms. The van der Waals surface area contributed by atoms with Gasteiger partial charge in [-0.25, -0.2) is 23.4 Å². The molecule has 1 fully saturated rings. The summed E-state index contributed by atoms with van der Waals surface area (Å²) in [5, 5.41) is 4.20. The van der Waals surface area contributed by atoms with Gasteiger partial charge in [0.05, 0.1) is 12.5 Å². The summed E-state index contributed by atoms with van der Waals surface area (Å²) in [6.45, 7) is 0.745. The molecule has 0 spiro atoms. The van der Waals surface area contributed by atoms with Crippen molar-refractivity contribution in [2.24, 2.45) is 14.1 Å². The largest absolute Gasteiger partial charge is 0.460 e. The topological polar surface area (TPSA) is 108 Å². The Labute approximate surface area is 162 Å². The summed E-state index contributed by atoms with van der Waals surface area (Å²) in [6, 6.07) is 0.290. The number of ether oxygens (including phenoxy) is 1. The zero-order valence-corrected chi connectivity index (χ0v) is 16.4. The predicted molar refractivity (Wildman–Crippen MR) is 99.9 cm³/mol. The molecule has 3 aromatic heterocycles. The van der Waals surface area contributed by atoms with E-state index < -0.39 is 10.0 Å². The third kappa shape index (κ3) is 3.76. The monoisotopic (exact) mass is 403 g/mol. The predicted octanol–water partition coefficient (Wildman–Crippen LogP) is 0.843. The molecule has 0 amide bonds. The van der Waals surface area contributed by atoms with Crippen molar-refractivity contribution >= 4 is 10.0 Å². The van der Waals surface area contributed by atoms with Crippen LogP contribution in [0, 0.1) is 0 Å². The Bertz CT molecular complexity index is 1050. The summed E-state index contributed by atoms with van der Waals surface area (Å²) >= 11 is 0. The third-order valence-electron chi connectivity index (χ3n) is 4.62. The molecular weight excluding hydrogens is 382 g/mol. The van der Waals surface area contributed by atoms with Gasteiger partial charge in [0.25, 0.3) is 10.0 Å². The lowest BCUT2D eigenvalue weighted by molar-refractivity contribution is 0.124. The standard InChI is InChI=1S/C17H21N7O3S/c1-22-11-16(20-12-22)28(25,26)24-5-3-15(4-6-24)27-17-18-7-13(8-19-17)14-9-21-23(2)10-14/h7-12,15H,3-6H2,1-2H3. The minimum absolute atomic E-state index is 0.0729. The molecule has 0 saturated carbocycles. The van der Waals surface area contributed by atoms with E-state index in [1.165, 1.54) is 16.8 Å². The van der Waals surface area contributed by atoms with E-state index in [1.54, 1.807) is 34.9 Å². The number of hydrogen-bond acceptors (Lipinski definition) is 7. The van der Waals surface area contributed by atoms with Gasteiger partial charge >= 0.3 is 6.01 Å². The fraction of sp³-hybridized carbons (Fsp3) is 0.412. The van der Waals surface area contributed by atoms with E-state index in [0.29, 0.717) is 31.9 Å². The van der Waals surface area contributed by atoms with E-state index in [-0.39, 0.29) is 11.1 Å². The molecule has 0 radical (unpaired) electrons. The summed E-state index contributed by atoms with van der Waals surface area (Å²) in [5.74, 6) is 0. The molecule has 3 aromatic rings. The normalized spacial score (nSPS) is 16.4. The van der Waals surface area contributed by atoms with Gasteiger partial charge in [0, 0.05) is 63.1 Å². The molecule has 0 aliphatic carbocycles. The van der Waals surface area contributed by atoms with Crippen LogP contribution in [-0.4, -0.2) is 61.2 Å². The molecule has 11 heteroatoms. The Morgan fingerprint density at radius 3 is 2.29 bits per heavy atom. The SMILES string of the molecule is Cn1cnc(S(=O)(=O)N2CCC(Oc3ncc(-c4cnn(C)c4)cn3)CC2)c1. The molecule has 4 rings (SSSR count). The molecule has 0 bridgehead atoms. The van der Waals surface area contributed by atoms with E-state index in [1.807, 2.05) is 13.2 Å². The Kier molecular flexibility index (Phi) is 4.85. The minimum Gasteiger partial charge on any atom is -0.460 e. The zero-order chi connectivity index (χ0) is 19.7. The van der Waals surface area contributed by atoms with Crippen molar-refractivity contribution in [3.05, 3.63) is 37.3 Å². The Balaban J connectivity index is 1.35. The average Bonchev–Trinajstić information content (AvgIpc) is 3.32. The lowest BCUT2D eigenvalue weighted by Crippen LogP contribution is -2.42. The quantitative estimate of drug-likeness (QED) is 0.621. The first-order valence-electron chi connectivity index (χ1n) is 8.87. The van der Waals surface area contributed by atoms with Gasteiger partial charge in [-0.3, -0.25) is 4.68 Å². The van der Waals surface area contributed by atoms with Crippen LogP contribution in [0.4, 0.5) is 0 Å². The number of imidazole rings is 1. The van der Waals surface area contributed by atoms with Crippen molar-refractivity contribution in [2.45, 2.75) is 24.0 Å². The minimum atomic E-state index is -3.57. The van der Waals surface area contributed by atoms with E-state index >= 15 is 0 Å². The van der Waals surface area contributed by atoms with Gasteiger partial charge < -0.3 is 9.30 Å². The number of rotatable bonds is 5. The van der Waals surface area contributed by atoms with Gasteiger partial charge in [-0.05, 0) is 12.8 Å². The molecule has 1 aliphatic heterocycles. The summed E-state index contributed by atoms with van der Waals surface area (Å²) in [5.41, 5.74) is 1.79. The second-order valence-corrected chi connectivity index (χ2v) is 8.64. The number of aromatic nitrogens is 6. The Morgan fingerprint density at radius 2 is 1.71 bits per heavy atom. The fourth-order valence-corrected chi connectivity index (χ4v) is 4.53. The summed E-state index contributed by atoms with van der Waals surface area (Å²) in [4.78, 5) is 12.5. The molecule has 10 nitrogen and oxygen atoms in total. The highest BCUT2D eigenvalue weighted by atomic mass is 32.2. The van der Waals surface area contributed by atoms with Crippen molar-refractivity contribution in [2.75, 3.05) is 13.1 Å². The molecule has 1 aliphatic rings. The van der Waals surface area contributed by atoms with Crippen LogP contribution in [0.25, 0.3) is 11.1 Å². The number of aryl methyl sites for hydroxylation is 2. The molecule has 0 unspecified atom stereocenters. The first-order chi connectivity index (χ1) is 13.4. The lowest BCUT2D eigenvalue weighted by atomic mass is 10.1. The summed E-state index contributed by atoms with van der Waals surface area (Å²) < 4.78 is 35.9. The van der Waals surface area contributed by atoms with Crippen LogP contribution in [0.5, 0.6) is 6.01 Å². The van der Waals surface area contributed by atoms with Gasteiger partial charge in [0.2, 0.25) is 0 Å². The maximum absolute atomic E-state index is 12.6. The number of piperidine rings is 1. The van der Waals surface area contributed by atoms with E-state index in [0.717, 1.165) is 11.1 Å². The molecule has 0 N–H and O–H groups in total. The summed E-state index contributed by atoms with van der Waals surface area (Å²) in [7, 11) is 0.0261. The second kappa shape index (κ2) is 7.32. The van der Waals surface area contributed by atoms with Gasteiger partial charge in [0.1, 0.15) is 6.10 Å². The van der Waals surface area contributed by atoms with Crippen molar-refractivity contribution in [1.82, 2.24) is 33.6 Å². The van der Waals surface area contributed by atoms with Crippen LogP contribution in [0.2, 0.25) is 0 Å². The van der Waals surface area contributed by atoms with Crippen molar-refractivity contribution < 1.29 is 13.2 Å². The van der Waals surface area contributed by atoms with Gasteiger partial charge in [-0.15, -0.1) is 0 Å². The van der Waals surface area contributed by atoms with Crippen LogP contribution >= 0.6 is 0 Å². The molecule has 1 saturated heterocycles. The van der Waals surface area contributed by atoms with E-state index in [9.17, 15) is 8.42 Å². The van der Waals surface area contributed by atoms with Crippen molar-refractivity contribution in [1.29, 1.82) is 0 Å².